The monoisotopic (exact) mass is 252 g/mol. The zero-order valence-corrected chi connectivity index (χ0v) is 10.2. The molecule has 0 aliphatic carbocycles. The van der Waals surface area contributed by atoms with Crippen LogP contribution in [0.4, 0.5) is 0 Å². The zero-order chi connectivity index (χ0) is 13.9. The number of carbonyl (C=O) groups is 2. The number of benzene rings is 1. The van der Waals surface area contributed by atoms with Gasteiger partial charge in [-0.25, -0.2) is 0 Å². The molecule has 0 bridgehead atoms. The van der Waals surface area contributed by atoms with Crippen molar-refractivity contribution in [2.45, 2.75) is 19.9 Å². The smallest absolute Gasteiger partial charge is 0.255 e. The lowest BCUT2D eigenvalue weighted by molar-refractivity contribution is -0.120. The van der Waals surface area contributed by atoms with Gasteiger partial charge in [0.05, 0.1) is 5.56 Å². The van der Waals surface area contributed by atoms with Gasteiger partial charge in [0, 0.05) is 0 Å². The van der Waals surface area contributed by atoms with E-state index in [1.165, 1.54) is 12.1 Å². The molecule has 2 amide bonds. The molecule has 0 aliphatic heterocycles. The number of rotatable bonds is 4. The SMILES string of the molecule is CC(C)C(NC(=O)c1cc(O)ccc1O)C(N)=O. The Hall–Kier alpha value is -2.24. The molecule has 0 spiro atoms. The highest BCUT2D eigenvalue weighted by Gasteiger charge is 2.23. The van der Waals surface area contributed by atoms with Gasteiger partial charge < -0.3 is 21.3 Å². The minimum atomic E-state index is -0.834. The summed E-state index contributed by atoms with van der Waals surface area (Å²) in [4.78, 5) is 23.0. The number of phenols is 2. The molecule has 98 valence electrons. The fourth-order valence-electron chi connectivity index (χ4n) is 1.49. The molecule has 1 unspecified atom stereocenters. The highest BCUT2D eigenvalue weighted by Crippen LogP contribution is 2.22. The van der Waals surface area contributed by atoms with Gasteiger partial charge in [0.1, 0.15) is 17.5 Å². The first-order valence-electron chi connectivity index (χ1n) is 5.45. The second kappa shape index (κ2) is 5.39. The number of hydrogen-bond acceptors (Lipinski definition) is 4. The van der Waals surface area contributed by atoms with Crippen molar-refractivity contribution >= 4 is 11.8 Å². The Morgan fingerprint density at radius 1 is 1.28 bits per heavy atom. The van der Waals surface area contributed by atoms with Crippen LogP contribution in [0.25, 0.3) is 0 Å². The van der Waals surface area contributed by atoms with Crippen LogP contribution in [0.1, 0.15) is 24.2 Å². The standard InChI is InChI=1S/C12H16N2O4/c1-6(2)10(11(13)17)14-12(18)8-5-7(15)3-4-9(8)16/h3-6,10,15-16H,1-2H3,(H2,13,17)(H,14,18). The third-order valence-corrected chi connectivity index (χ3v) is 2.48. The molecule has 0 heterocycles. The molecule has 0 radical (unpaired) electrons. The molecule has 6 nitrogen and oxygen atoms in total. The Balaban J connectivity index is 2.94. The van der Waals surface area contributed by atoms with Gasteiger partial charge in [-0.1, -0.05) is 13.8 Å². The Bertz CT molecular complexity index is 471. The van der Waals surface area contributed by atoms with Crippen LogP contribution in [0.2, 0.25) is 0 Å². The summed E-state index contributed by atoms with van der Waals surface area (Å²) in [7, 11) is 0. The predicted molar refractivity (Wildman–Crippen MR) is 65.1 cm³/mol. The van der Waals surface area contributed by atoms with E-state index in [1.54, 1.807) is 13.8 Å². The van der Waals surface area contributed by atoms with E-state index in [2.05, 4.69) is 5.32 Å². The number of aromatic hydroxyl groups is 2. The summed E-state index contributed by atoms with van der Waals surface area (Å²) in [6, 6.07) is 2.72. The molecule has 0 saturated heterocycles. The zero-order valence-electron chi connectivity index (χ0n) is 10.2. The van der Waals surface area contributed by atoms with Crippen LogP contribution in [-0.4, -0.2) is 28.1 Å². The number of nitrogens with two attached hydrogens (primary N) is 1. The van der Waals surface area contributed by atoms with E-state index >= 15 is 0 Å². The van der Waals surface area contributed by atoms with Crippen molar-refractivity contribution in [1.29, 1.82) is 0 Å². The molecule has 5 N–H and O–H groups in total. The Labute approximate surface area is 104 Å². The third-order valence-electron chi connectivity index (χ3n) is 2.48. The average Bonchev–Trinajstić information content (AvgIpc) is 2.28. The predicted octanol–water partition coefficient (Wildman–Crippen LogP) is 0.337. The summed E-state index contributed by atoms with van der Waals surface area (Å²) in [6.07, 6.45) is 0. The molecule has 1 rings (SSSR count). The van der Waals surface area contributed by atoms with Crippen molar-refractivity contribution < 1.29 is 19.8 Å². The molecule has 18 heavy (non-hydrogen) atoms. The van der Waals surface area contributed by atoms with Crippen molar-refractivity contribution in [3.63, 3.8) is 0 Å². The minimum absolute atomic E-state index is 0.109. The van der Waals surface area contributed by atoms with Gasteiger partial charge in [0.15, 0.2) is 0 Å². The molecule has 0 aliphatic rings. The largest absolute Gasteiger partial charge is 0.508 e. The first kappa shape index (κ1) is 13.8. The number of hydrogen-bond donors (Lipinski definition) is 4. The van der Waals surface area contributed by atoms with Gasteiger partial charge >= 0.3 is 0 Å². The highest BCUT2D eigenvalue weighted by molar-refractivity contribution is 5.99. The number of phenolic OH excluding ortho intramolecular Hbond substituents is 2. The Kier molecular flexibility index (Phi) is 4.14. The number of amides is 2. The van der Waals surface area contributed by atoms with Gasteiger partial charge in [-0.2, -0.15) is 0 Å². The lowest BCUT2D eigenvalue weighted by Crippen LogP contribution is -2.47. The summed E-state index contributed by atoms with van der Waals surface area (Å²) < 4.78 is 0. The summed E-state index contributed by atoms with van der Waals surface area (Å²) >= 11 is 0. The van der Waals surface area contributed by atoms with Crippen LogP contribution < -0.4 is 11.1 Å². The van der Waals surface area contributed by atoms with E-state index < -0.39 is 17.9 Å². The number of nitrogens with one attached hydrogen (secondary N) is 1. The highest BCUT2D eigenvalue weighted by atomic mass is 16.3. The fraction of sp³-hybridized carbons (Fsp3) is 0.333. The van der Waals surface area contributed by atoms with Crippen molar-refractivity contribution in [3.8, 4) is 11.5 Å². The maximum absolute atomic E-state index is 11.8. The maximum Gasteiger partial charge on any atom is 0.255 e. The first-order valence-corrected chi connectivity index (χ1v) is 5.45. The third kappa shape index (κ3) is 3.13. The summed E-state index contributed by atoms with van der Waals surface area (Å²) in [5.74, 6) is -1.93. The Morgan fingerprint density at radius 2 is 1.89 bits per heavy atom. The average molecular weight is 252 g/mol. The normalized spacial score (nSPS) is 12.2. The summed E-state index contributed by atoms with van der Waals surface area (Å²) in [5.41, 5.74) is 5.06. The molecular formula is C12H16N2O4. The number of primary amides is 1. The van der Waals surface area contributed by atoms with E-state index in [9.17, 15) is 19.8 Å². The maximum atomic E-state index is 11.8. The van der Waals surface area contributed by atoms with E-state index in [4.69, 9.17) is 5.73 Å². The molecular weight excluding hydrogens is 236 g/mol. The van der Waals surface area contributed by atoms with Gasteiger partial charge in [-0.3, -0.25) is 9.59 Å². The number of carbonyl (C=O) groups excluding carboxylic acids is 2. The van der Waals surface area contributed by atoms with Gasteiger partial charge in [-0.05, 0) is 24.1 Å². The lowest BCUT2D eigenvalue weighted by atomic mass is 10.0. The summed E-state index contributed by atoms with van der Waals surface area (Å²) in [5, 5.41) is 21.2. The van der Waals surface area contributed by atoms with Crippen molar-refractivity contribution in [2.75, 3.05) is 0 Å². The van der Waals surface area contributed by atoms with E-state index in [0.29, 0.717) is 0 Å². The molecule has 1 aromatic rings. The van der Waals surface area contributed by atoms with Crippen LogP contribution >= 0.6 is 0 Å². The molecule has 0 fully saturated rings. The van der Waals surface area contributed by atoms with Crippen LogP contribution in [0, 0.1) is 5.92 Å². The van der Waals surface area contributed by atoms with Gasteiger partial charge in [-0.15, -0.1) is 0 Å². The van der Waals surface area contributed by atoms with Crippen LogP contribution in [-0.2, 0) is 4.79 Å². The van der Waals surface area contributed by atoms with Crippen molar-refractivity contribution in [1.82, 2.24) is 5.32 Å². The lowest BCUT2D eigenvalue weighted by Gasteiger charge is -2.19. The van der Waals surface area contributed by atoms with Gasteiger partial charge in [0.2, 0.25) is 5.91 Å². The Morgan fingerprint density at radius 3 is 2.39 bits per heavy atom. The van der Waals surface area contributed by atoms with E-state index in [-0.39, 0.29) is 23.0 Å². The van der Waals surface area contributed by atoms with E-state index in [1.807, 2.05) is 0 Å². The van der Waals surface area contributed by atoms with Crippen molar-refractivity contribution in [2.24, 2.45) is 11.7 Å². The quantitative estimate of drug-likeness (QED) is 0.578. The molecule has 1 atom stereocenters. The van der Waals surface area contributed by atoms with Crippen LogP contribution in [0.15, 0.2) is 18.2 Å². The molecule has 0 saturated carbocycles. The fourth-order valence-corrected chi connectivity index (χ4v) is 1.49. The molecule has 0 aromatic heterocycles. The summed E-state index contributed by atoms with van der Waals surface area (Å²) in [6.45, 7) is 3.47. The van der Waals surface area contributed by atoms with Crippen LogP contribution in [0.5, 0.6) is 11.5 Å². The molecule has 6 heteroatoms. The molecule has 1 aromatic carbocycles. The van der Waals surface area contributed by atoms with E-state index in [0.717, 1.165) is 6.07 Å². The van der Waals surface area contributed by atoms with Crippen molar-refractivity contribution in [3.05, 3.63) is 23.8 Å². The van der Waals surface area contributed by atoms with Crippen LogP contribution in [0.3, 0.4) is 0 Å². The first-order chi connectivity index (χ1) is 8.32. The minimum Gasteiger partial charge on any atom is -0.508 e. The second-order valence-electron chi connectivity index (χ2n) is 4.30. The topological polar surface area (TPSA) is 113 Å². The second-order valence-corrected chi connectivity index (χ2v) is 4.30. The van der Waals surface area contributed by atoms with Gasteiger partial charge in [0.25, 0.3) is 5.91 Å².